The van der Waals surface area contributed by atoms with Crippen LogP contribution in [0.1, 0.15) is 12.2 Å². The number of likely N-dealkylation sites (N-methyl/N-ethyl adjacent to an activating group) is 1. The number of nitrogens with zero attached hydrogens (tertiary/aromatic N) is 5. The molecule has 4 heterocycles. The number of hydrogen-bond donors (Lipinski definition) is 1. The summed E-state index contributed by atoms with van der Waals surface area (Å²) in [6.07, 6.45) is 2.58. The van der Waals surface area contributed by atoms with Gasteiger partial charge in [-0.05, 0) is 18.2 Å². The standard InChI is InChI=1S/C18H17N5O5S/c1-23-9-7-18(25,16(23)24)15-10-14(22-28-15)12-5-3-4-11(20-12)13-6-8-19-17(21-13)29(2,26)27/h3-6,8,10,25H,7,9H2,1-2H3/t18-/m1/s1. The van der Waals surface area contributed by atoms with Crippen molar-refractivity contribution in [2.75, 3.05) is 19.8 Å². The molecule has 11 heteroatoms. The first-order valence-electron chi connectivity index (χ1n) is 8.64. The quantitative estimate of drug-likeness (QED) is 0.608. The average Bonchev–Trinajstić information content (AvgIpc) is 3.30. The van der Waals surface area contributed by atoms with Crippen LogP contribution in [0.25, 0.3) is 22.8 Å². The van der Waals surface area contributed by atoms with Crippen LogP contribution in [0.4, 0.5) is 0 Å². The van der Waals surface area contributed by atoms with Gasteiger partial charge in [-0.2, -0.15) is 0 Å². The number of rotatable bonds is 4. The maximum Gasteiger partial charge on any atom is 0.262 e. The van der Waals surface area contributed by atoms with Crippen molar-refractivity contribution in [3.05, 3.63) is 42.3 Å². The number of hydrogen-bond acceptors (Lipinski definition) is 9. The number of carbonyl (C=O) groups excluding carboxylic acids is 1. The van der Waals surface area contributed by atoms with Crippen LogP contribution in [0.3, 0.4) is 0 Å². The van der Waals surface area contributed by atoms with Crippen LogP contribution in [0.2, 0.25) is 0 Å². The largest absolute Gasteiger partial charge is 0.373 e. The SMILES string of the molecule is CN1CC[C@@](O)(c2cc(-c3cccc(-c4ccnc(S(C)(=O)=O)n4)n3)no2)C1=O. The second-order valence-electron chi connectivity index (χ2n) is 6.82. The van der Waals surface area contributed by atoms with E-state index in [1.165, 1.54) is 17.2 Å². The summed E-state index contributed by atoms with van der Waals surface area (Å²) < 4.78 is 28.6. The third-order valence-electron chi connectivity index (χ3n) is 4.67. The van der Waals surface area contributed by atoms with E-state index in [2.05, 4.69) is 20.1 Å². The fraction of sp³-hybridized carbons (Fsp3) is 0.278. The smallest absolute Gasteiger partial charge is 0.262 e. The highest BCUT2D eigenvalue weighted by atomic mass is 32.2. The number of amides is 1. The molecule has 1 amide bonds. The van der Waals surface area contributed by atoms with Crippen molar-refractivity contribution in [3.63, 3.8) is 0 Å². The fourth-order valence-electron chi connectivity index (χ4n) is 3.06. The van der Waals surface area contributed by atoms with E-state index >= 15 is 0 Å². The summed E-state index contributed by atoms with van der Waals surface area (Å²) in [7, 11) is -1.95. The molecule has 0 spiro atoms. The fourth-order valence-corrected chi connectivity index (χ4v) is 3.57. The van der Waals surface area contributed by atoms with Gasteiger partial charge in [0, 0.05) is 38.5 Å². The molecule has 4 rings (SSSR count). The van der Waals surface area contributed by atoms with E-state index in [1.807, 2.05) is 0 Å². The molecule has 1 fully saturated rings. The predicted molar refractivity (Wildman–Crippen MR) is 100 cm³/mol. The minimum absolute atomic E-state index is 0.0513. The lowest BCUT2D eigenvalue weighted by Gasteiger charge is -2.16. The zero-order valence-corrected chi connectivity index (χ0v) is 16.4. The number of aliphatic hydroxyl groups is 1. The number of likely N-dealkylation sites (tertiary alicyclic amines) is 1. The second-order valence-corrected chi connectivity index (χ2v) is 8.73. The molecule has 1 atom stereocenters. The van der Waals surface area contributed by atoms with E-state index in [4.69, 9.17) is 4.52 Å². The van der Waals surface area contributed by atoms with Gasteiger partial charge in [-0.3, -0.25) is 4.79 Å². The Hall–Kier alpha value is -3.18. The van der Waals surface area contributed by atoms with Crippen LogP contribution in [-0.2, 0) is 20.2 Å². The Labute approximate surface area is 166 Å². The minimum Gasteiger partial charge on any atom is -0.373 e. The van der Waals surface area contributed by atoms with Crippen LogP contribution >= 0.6 is 0 Å². The van der Waals surface area contributed by atoms with E-state index in [1.54, 1.807) is 31.3 Å². The van der Waals surface area contributed by atoms with Crippen molar-refractivity contribution in [1.29, 1.82) is 0 Å². The lowest BCUT2D eigenvalue weighted by Crippen LogP contribution is -2.35. The molecule has 0 radical (unpaired) electrons. The molecule has 0 saturated carbocycles. The summed E-state index contributed by atoms with van der Waals surface area (Å²) in [5, 5.41) is 14.3. The molecule has 1 aliphatic heterocycles. The highest BCUT2D eigenvalue weighted by molar-refractivity contribution is 7.90. The highest BCUT2D eigenvalue weighted by Gasteiger charge is 2.48. The maximum absolute atomic E-state index is 12.2. The van der Waals surface area contributed by atoms with Crippen LogP contribution in [-0.4, -0.2) is 64.3 Å². The van der Waals surface area contributed by atoms with E-state index < -0.39 is 21.3 Å². The molecular weight excluding hydrogens is 398 g/mol. The maximum atomic E-state index is 12.2. The van der Waals surface area contributed by atoms with E-state index in [9.17, 15) is 18.3 Å². The highest BCUT2D eigenvalue weighted by Crippen LogP contribution is 2.34. The van der Waals surface area contributed by atoms with E-state index in [-0.39, 0.29) is 17.3 Å². The third-order valence-corrected chi connectivity index (χ3v) is 5.53. The lowest BCUT2D eigenvalue weighted by molar-refractivity contribution is -0.144. The molecule has 150 valence electrons. The van der Waals surface area contributed by atoms with Crippen molar-refractivity contribution in [1.82, 2.24) is 25.0 Å². The Morgan fingerprint density at radius 1 is 1.14 bits per heavy atom. The molecule has 1 N–H and O–H groups in total. The third kappa shape index (κ3) is 3.38. The Balaban J connectivity index is 1.69. The predicted octanol–water partition coefficient (Wildman–Crippen LogP) is 0.647. The van der Waals surface area contributed by atoms with Gasteiger partial charge in [-0.15, -0.1) is 0 Å². The summed E-state index contributed by atoms with van der Waals surface area (Å²) in [6.45, 7) is 0.412. The van der Waals surface area contributed by atoms with Crippen molar-refractivity contribution < 1.29 is 22.8 Å². The van der Waals surface area contributed by atoms with Crippen LogP contribution in [0.15, 0.2) is 46.2 Å². The molecular formula is C18H17N5O5S. The monoisotopic (exact) mass is 415 g/mol. The van der Waals surface area contributed by atoms with Crippen molar-refractivity contribution in [2.45, 2.75) is 17.2 Å². The summed E-state index contributed by atoms with van der Waals surface area (Å²) in [5.74, 6) is -0.397. The van der Waals surface area contributed by atoms with Gasteiger partial charge >= 0.3 is 0 Å². The first-order valence-corrected chi connectivity index (χ1v) is 10.5. The number of pyridine rings is 1. The molecule has 3 aromatic rings. The minimum atomic E-state index is -3.56. The molecule has 1 aliphatic rings. The molecule has 0 aliphatic carbocycles. The van der Waals surface area contributed by atoms with E-state index in [0.29, 0.717) is 29.3 Å². The molecule has 0 bridgehead atoms. The Bertz CT molecular complexity index is 1210. The zero-order chi connectivity index (χ0) is 20.8. The lowest BCUT2D eigenvalue weighted by atomic mass is 9.98. The number of sulfone groups is 1. The van der Waals surface area contributed by atoms with Gasteiger partial charge in [0.2, 0.25) is 20.6 Å². The molecule has 10 nitrogen and oxygen atoms in total. The Morgan fingerprint density at radius 2 is 1.83 bits per heavy atom. The summed E-state index contributed by atoms with van der Waals surface area (Å²) in [4.78, 5) is 25.9. The molecule has 0 unspecified atom stereocenters. The van der Waals surface area contributed by atoms with Gasteiger partial charge in [-0.25, -0.2) is 23.4 Å². The van der Waals surface area contributed by atoms with Gasteiger partial charge in [0.15, 0.2) is 5.76 Å². The van der Waals surface area contributed by atoms with Gasteiger partial charge in [-0.1, -0.05) is 11.2 Å². The number of aromatic nitrogens is 4. The van der Waals surface area contributed by atoms with Crippen molar-refractivity contribution >= 4 is 15.7 Å². The number of carbonyl (C=O) groups is 1. The summed E-state index contributed by atoms with van der Waals surface area (Å²) >= 11 is 0. The van der Waals surface area contributed by atoms with Gasteiger partial charge in [0.05, 0.1) is 17.1 Å². The van der Waals surface area contributed by atoms with Crippen LogP contribution in [0.5, 0.6) is 0 Å². The van der Waals surface area contributed by atoms with Gasteiger partial charge in [0.25, 0.3) is 5.91 Å². The van der Waals surface area contributed by atoms with E-state index in [0.717, 1.165) is 6.26 Å². The summed E-state index contributed by atoms with van der Waals surface area (Å²) in [5.41, 5.74) is -0.254. The first kappa shape index (κ1) is 19.2. The Morgan fingerprint density at radius 3 is 2.48 bits per heavy atom. The van der Waals surface area contributed by atoms with Crippen LogP contribution in [0, 0.1) is 0 Å². The molecule has 1 saturated heterocycles. The molecule has 3 aromatic heterocycles. The molecule has 29 heavy (non-hydrogen) atoms. The second kappa shape index (κ2) is 6.71. The molecule has 0 aromatic carbocycles. The first-order chi connectivity index (χ1) is 13.7. The van der Waals surface area contributed by atoms with Crippen molar-refractivity contribution in [2.24, 2.45) is 0 Å². The zero-order valence-electron chi connectivity index (χ0n) is 15.6. The average molecular weight is 415 g/mol. The van der Waals surface area contributed by atoms with Gasteiger partial charge < -0.3 is 14.5 Å². The van der Waals surface area contributed by atoms with Crippen LogP contribution < -0.4 is 0 Å². The normalized spacial score (nSPS) is 19.7. The summed E-state index contributed by atoms with van der Waals surface area (Å²) in [6, 6.07) is 8.08. The Kier molecular flexibility index (Phi) is 4.43. The van der Waals surface area contributed by atoms with Crippen molar-refractivity contribution in [3.8, 4) is 22.8 Å². The topological polar surface area (TPSA) is 139 Å². The van der Waals surface area contributed by atoms with Gasteiger partial charge in [0.1, 0.15) is 5.69 Å².